The highest BCUT2D eigenvalue weighted by Gasteiger charge is 2.11. The molecule has 0 aliphatic heterocycles. The van der Waals surface area contributed by atoms with Gasteiger partial charge in [-0.1, -0.05) is 60.5 Å². The molecule has 1 heterocycles. The topological polar surface area (TPSA) is 51.2 Å². The Bertz CT molecular complexity index is 1120. The SMILES string of the molecule is COc1ccc(CNC(=O)c2ccc(/C=C/C(C)c3cc(C)c(Cl)c(Cl)c3)cc2Br)cn1. The molecule has 3 rings (SSSR count). The molecule has 1 amide bonds. The number of benzene rings is 2. The molecule has 0 aliphatic carbocycles. The van der Waals surface area contributed by atoms with E-state index in [0.29, 0.717) is 28.0 Å². The fraction of sp³-hybridized carbons (Fsp3) is 0.200. The summed E-state index contributed by atoms with van der Waals surface area (Å²) in [5, 5.41) is 4.06. The van der Waals surface area contributed by atoms with Crippen molar-refractivity contribution in [2.75, 3.05) is 7.11 Å². The Hall–Kier alpha value is -2.34. The number of hydrogen-bond donors (Lipinski definition) is 1. The number of methoxy groups -OCH3 is 1. The van der Waals surface area contributed by atoms with Crippen LogP contribution in [0.25, 0.3) is 6.08 Å². The number of aromatic nitrogens is 1. The number of nitrogens with one attached hydrogen (secondary N) is 1. The van der Waals surface area contributed by atoms with Crippen molar-refractivity contribution >= 4 is 51.1 Å². The minimum absolute atomic E-state index is 0.156. The van der Waals surface area contributed by atoms with Crippen LogP contribution in [-0.2, 0) is 6.54 Å². The van der Waals surface area contributed by atoms with Crippen molar-refractivity contribution in [3.63, 3.8) is 0 Å². The first-order valence-corrected chi connectivity index (χ1v) is 11.5. The minimum atomic E-state index is -0.164. The molecule has 0 saturated carbocycles. The fourth-order valence-electron chi connectivity index (χ4n) is 3.12. The van der Waals surface area contributed by atoms with Gasteiger partial charge in [0, 0.05) is 23.3 Å². The van der Waals surface area contributed by atoms with Crippen LogP contribution in [0.4, 0.5) is 0 Å². The van der Waals surface area contributed by atoms with Gasteiger partial charge in [-0.2, -0.15) is 0 Å². The molecule has 0 aliphatic rings. The largest absolute Gasteiger partial charge is 0.481 e. The predicted molar refractivity (Wildman–Crippen MR) is 135 cm³/mol. The second-order valence-corrected chi connectivity index (χ2v) is 9.05. The van der Waals surface area contributed by atoms with E-state index in [1.807, 2.05) is 43.3 Å². The van der Waals surface area contributed by atoms with E-state index < -0.39 is 0 Å². The number of carbonyl (C=O) groups excluding carboxylic acids is 1. The first-order chi connectivity index (χ1) is 15.3. The third kappa shape index (κ3) is 6.12. The van der Waals surface area contributed by atoms with E-state index in [1.54, 1.807) is 25.4 Å². The molecule has 2 aromatic carbocycles. The Morgan fingerprint density at radius 3 is 2.62 bits per heavy atom. The highest BCUT2D eigenvalue weighted by Crippen LogP contribution is 2.31. The summed E-state index contributed by atoms with van der Waals surface area (Å²) in [5.74, 6) is 0.529. The van der Waals surface area contributed by atoms with Gasteiger partial charge < -0.3 is 10.1 Å². The average molecular weight is 534 g/mol. The van der Waals surface area contributed by atoms with E-state index in [9.17, 15) is 4.79 Å². The lowest BCUT2D eigenvalue weighted by molar-refractivity contribution is 0.0950. The van der Waals surface area contributed by atoms with Crippen LogP contribution in [0.5, 0.6) is 5.88 Å². The van der Waals surface area contributed by atoms with E-state index in [-0.39, 0.29) is 11.8 Å². The van der Waals surface area contributed by atoms with Gasteiger partial charge in [-0.3, -0.25) is 4.79 Å². The van der Waals surface area contributed by atoms with Gasteiger partial charge in [-0.05, 0) is 69.2 Å². The van der Waals surface area contributed by atoms with E-state index in [0.717, 1.165) is 26.7 Å². The molecule has 4 nitrogen and oxygen atoms in total. The molecular formula is C25H23BrCl2N2O2. The zero-order valence-electron chi connectivity index (χ0n) is 18.0. The van der Waals surface area contributed by atoms with E-state index >= 15 is 0 Å². The lowest BCUT2D eigenvalue weighted by Crippen LogP contribution is -2.23. The summed E-state index contributed by atoms with van der Waals surface area (Å²) in [6.07, 6.45) is 5.80. The fourth-order valence-corrected chi connectivity index (χ4v) is 4.08. The Morgan fingerprint density at radius 2 is 2.00 bits per heavy atom. The number of amides is 1. The number of allylic oxidation sites excluding steroid dienone is 1. The third-order valence-corrected chi connectivity index (χ3v) is 6.59. The molecule has 0 spiro atoms. The number of carbonyl (C=O) groups is 1. The second kappa shape index (κ2) is 11.0. The summed E-state index contributed by atoms with van der Waals surface area (Å²) in [7, 11) is 1.56. The van der Waals surface area contributed by atoms with E-state index in [4.69, 9.17) is 27.9 Å². The molecule has 0 saturated heterocycles. The zero-order valence-corrected chi connectivity index (χ0v) is 21.1. The molecule has 0 bridgehead atoms. The van der Waals surface area contributed by atoms with Crippen LogP contribution in [0, 0.1) is 6.92 Å². The standard InChI is InChI=1S/C25H23BrCl2N2O2/c1-15(19-10-16(2)24(28)22(27)12-19)4-5-17-6-8-20(21(26)11-17)25(31)30-14-18-7-9-23(32-3)29-13-18/h4-13,15H,14H2,1-3H3,(H,30,31)/b5-4+. The maximum Gasteiger partial charge on any atom is 0.252 e. The summed E-state index contributed by atoms with van der Waals surface area (Å²) in [4.78, 5) is 16.7. The monoisotopic (exact) mass is 532 g/mol. The summed E-state index contributed by atoms with van der Waals surface area (Å²) >= 11 is 15.9. The molecule has 1 atom stereocenters. The number of aryl methyl sites for hydroxylation is 1. The number of hydrogen-bond acceptors (Lipinski definition) is 3. The maximum absolute atomic E-state index is 12.6. The van der Waals surface area contributed by atoms with Crippen molar-refractivity contribution in [3.8, 4) is 5.88 Å². The Labute approximate surface area is 206 Å². The van der Waals surface area contributed by atoms with Gasteiger partial charge in [0.05, 0.1) is 22.7 Å². The molecule has 1 aromatic heterocycles. The first-order valence-electron chi connectivity index (χ1n) is 9.99. The molecule has 7 heteroatoms. The van der Waals surface area contributed by atoms with Gasteiger partial charge in [0.25, 0.3) is 5.91 Å². The van der Waals surface area contributed by atoms with E-state index in [2.05, 4.69) is 39.2 Å². The number of rotatable bonds is 7. The number of nitrogens with zero attached hydrogens (tertiary/aromatic N) is 1. The van der Waals surface area contributed by atoms with Crippen molar-refractivity contribution in [3.05, 3.63) is 97.1 Å². The number of ether oxygens (including phenoxy) is 1. The highest BCUT2D eigenvalue weighted by atomic mass is 79.9. The van der Waals surface area contributed by atoms with Crippen molar-refractivity contribution in [1.82, 2.24) is 10.3 Å². The van der Waals surface area contributed by atoms with Crippen LogP contribution in [-0.4, -0.2) is 18.0 Å². The minimum Gasteiger partial charge on any atom is -0.481 e. The Kier molecular flexibility index (Phi) is 8.35. The van der Waals surface area contributed by atoms with Crippen LogP contribution in [0.15, 0.2) is 59.2 Å². The predicted octanol–water partition coefficient (Wildman–Crippen LogP) is 7.21. The van der Waals surface area contributed by atoms with Gasteiger partial charge in [0.15, 0.2) is 0 Å². The summed E-state index contributed by atoms with van der Waals surface area (Å²) in [6.45, 7) is 4.42. The normalized spacial score (nSPS) is 12.1. The molecule has 3 aromatic rings. The first kappa shape index (κ1) is 24.3. The maximum atomic E-state index is 12.6. The molecule has 166 valence electrons. The van der Waals surface area contributed by atoms with Gasteiger partial charge in [-0.25, -0.2) is 4.98 Å². The number of pyridine rings is 1. The number of halogens is 3. The molecule has 1 N–H and O–H groups in total. The molecule has 0 radical (unpaired) electrons. The second-order valence-electron chi connectivity index (χ2n) is 7.41. The van der Waals surface area contributed by atoms with Crippen molar-refractivity contribution < 1.29 is 9.53 Å². The van der Waals surface area contributed by atoms with Crippen molar-refractivity contribution in [2.24, 2.45) is 0 Å². The summed E-state index contributed by atoms with van der Waals surface area (Å²) in [5.41, 5.74) is 4.49. The molecular weight excluding hydrogens is 511 g/mol. The van der Waals surface area contributed by atoms with Gasteiger partial charge in [0.2, 0.25) is 5.88 Å². The Morgan fingerprint density at radius 1 is 1.22 bits per heavy atom. The molecule has 1 unspecified atom stereocenters. The van der Waals surface area contributed by atoms with Gasteiger partial charge in [0.1, 0.15) is 0 Å². The summed E-state index contributed by atoms with van der Waals surface area (Å²) in [6, 6.07) is 13.2. The smallest absolute Gasteiger partial charge is 0.252 e. The van der Waals surface area contributed by atoms with Gasteiger partial charge >= 0.3 is 0 Å². The van der Waals surface area contributed by atoms with Crippen LogP contribution in [0.3, 0.4) is 0 Å². The van der Waals surface area contributed by atoms with Crippen LogP contribution in [0.1, 0.15) is 45.5 Å². The quantitative estimate of drug-likeness (QED) is 0.349. The van der Waals surface area contributed by atoms with E-state index in [1.165, 1.54) is 0 Å². The zero-order chi connectivity index (χ0) is 23.3. The average Bonchev–Trinajstić information content (AvgIpc) is 2.79. The van der Waals surface area contributed by atoms with Crippen LogP contribution < -0.4 is 10.1 Å². The lowest BCUT2D eigenvalue weighted by Gasteiger charge is -2.11. The highest BCUT2D eigenvalue weighted by molar-refractivity contribution is 9.10. The molecule has 0 fully saturated rings. The van der Waals surface area contributed by atoms with Crippen molar-refractivity contribution in [1.29, 1.82) is 0 Å². The molecule has 32 heavy (non-hydrogen) atoms. The Balaban J connectivity index is 1.65. The van der Waals surface area contributed by atoms with Crippen LogP contribution >= 0.6 is 39.1 Å². The van der Waals surface area contributed by atoms with Crippen LogP contribution in [0.2, 0.25) is 10.0 Å². The lowest BCUT2D eigenvalue weighted by atomic mass is 9.98. The van der Waals surface area contributed by atoms with Gasteiger partial charge in [-0.15, -0.1) is 0 Å². The summed E-state index contributed by atoms with van der Waals surface area (Å²) < 4.78 is 5.77. The van der Waals surface area contributed by atoms with Crippen molar-refractivity contribution in [2.45, 2.75) is 26.3 Å². The third-order valence-electron chi connectivity index (χ3n) is 5.03.